The SMILES string of the molecule is CC(CNC(=O)NCc1ccc(C(=O)O)cc1)CC1(C)OCCO1. The molecule has 7 heteroatoms. The molecule has 0 radical (unpaired) electrons. The number of urea groups is 1. The second-order valence-corrected chi connectivity index (χ2v) is 6.21. The van der Waals surface area contributed by atoms with Crippen LogP contribution in [0, 0.1) is 5.92 Å². The van der Waals surface area contributed by atoms with Crippen molar-refractivity contribution >= 4 is 12.0 Å². The summed E-state index contributed by atoms with van der Waals surface area (Å²) in [4.78, 5) is 22.6. The molecule has 1 aromatic rings. The van der Waals surface area contributed by atoms with E-state index in [1.165, 1.54) is 12.1 Å². The number of aromatic carboxylic acids is 1. The molecule has 1 aliphatic heterocycles. The topological polar surface area (TPSA) is 96.9 Å². The largest absolute Gasteiger partial charge is 0.478 e. The first-order valence-electron chi connectivity index (χ1n) is 8.00. The number of rotatable bonds is 7. The van der Waals surface area contributed by atoms with Gasteiger partial charge in [0.05, 0.1) is 18.8 Å². The summed E-state index contributed by atoms with van der Waals surface area (Å²) in [5.74, 6) is -1.30. The van der Waals surface area contributed by atoms with Crippen LogP contribution < -0.4 is 10.6 Å². The Morgan fingerprint density at radius 1 is 1.21 bits per heavy atom. The van der Waals surface area contributed by atoms with Crippen molar-refractivity contribution in [3.05, 3.63) is 35.4 Å². The number of hydrogen-bond acceptors (Lipinski definition) is 4. The van der Waals surface area contributed by atoms with Crippen LogP contribution in [0.3, 0.4) is 0 Å². The lowest BCUT2D eigenvalue weighted by molar-refractivity contribution is -0.153. The third kappa shape index (κ3) is 5.50. The van der Waals surface area contributed by atoms with Gasteiger partial charge in [0.25, 0.3) is 0 Å². The lowest BCUT2D eigenvalue weighted by Gasteiger charge is -2.26. The maximum absolute atomic E-state index is 11.8. The molecule has 2 rings (SSSR count). The summed E-state index contributed by atoms with van der Waals surface area (Å²) < 4.78 is 11.1. The summed E-state index contributed by atoms with van der Waals surface area (Å²) in [5, 5.41) is 14.4. The molecule has 1 unspecified atom stereocenters. The predicted octanol–water partition coefficient (Wildman–Crippen LogP) is 1.97. The first-order chi connectivity index (χ1) is 11.4. The van der Waals surface area contributed by atoms with Gasteiger partial charge in [0, 0.05) is 19.5 Å². The highest BCUT2D eigenvalue weighted by Crippen LogP contribution is 2.26. The molecule has 1 aromatic carbocycles. The van der Waals surface area contributed by atoms with Crippen molar-refractivity contribution < 1.29 is 24.2 Å². The van der Waals surface area contributed by atoms with E-state index in [0.29, 0.717) is 32.7 Å². The lowest BCUT2D eigenvalue weighted by atomic mass is 10.0. The molecule has 1 fully saturated rings. The van der Waals surface area contributed by atoms with Crippen molar-refractivity contribution in [3.63, 3.8) is 0 Å². The maximum atomic E-state index is 11.8. The fourth-order valence-corrected chi connectivity index (χ4v) is 2.66. The van der Waals surface area contributed by atoms with Gasteiger partial charge in [0.1, 0.15) is 0 Å². The number of carbonyl (C=O) groups is 2. The van der Waals surface area contributed by atoms with E-state index >= 15 is 0 Å². The van der Waals surface area contributed by atoms with Crippen molar-refractivity contribution in [1.82, 2.24) is 10.6 Å². The van der Waals surface area contributed by atoms with Crippen LogP contribution in [-0.2, 0) is 16.0 Å². The van der Waals surface area contributed by atoms with Gasteiger partial charge in [-0.3, -0.25) is 0 Å². The van der Waals surface area contributed by atoms with Crippen LogP contribution in [0.5, 0.6) is 0 Å². The van der Waals surface area contributed by atoms with Crippen LogP contribution in [0.2, 0.25) is 0 Å². The summed E-state index contributed by atoms with van der Waals surface area (Å²) in [6.07, 6.45) is 0.712. The zero-order valence-corrected chi connectivity index (χ0v) is 14.0. The van der Waals surface area contributed by atoms with E-state index in [4.69, 9.17) is 14.6 Å². The van der Waals surface area contributed by atoms with E-state index in [1.807, 2.05) is 13.8 Å². The molecule has 2 amide bonds. The number of ether oxygens (including phenoxy) is 2. The van der Waals surface area contributed by atoms with Gasteiger partial charge < -0.3 is 25.2 Å². The van der Waals surface area contributed by atoms with E-state index in [2.05, 4.69) is 10.6 Å². The Labute approximate surface area is 141 Å². The van der Waals surface area contributed by atoms with E-state index in [9.17, 15) is 9.59 Å². The van der Waals surface area contributed by atoms with Crippen LogP contribution >= 0.6 is 0 Å². The molecule has 0 bridgehead atoms. The Morgan fingerprint density at radius 3 is 2.42 bits per heavy atom. The molecule has 1 saturated heterocycles. The fraction of sp³-hybridized carbons (Fsp3) is 0.529. The van der Waals surface area contributed by atoms with Crippen molar-refractivity contribution in [2.45, 2.75) is 32.6 Å². The second kappa shape index (κ2) is 8.12. The van der Waals surface area contributed by atoms with E-state index in [-0.39, 0.29) is 17.5 Å². The van der Waals surface area contributed by atoms with Crippen molar-refractivity contribution in [2.75, 3.05) is 19.8 Å². The molecule has 7 nitrogen and oxygen atoms in total. The summed E-state index contributed by atoms with van der Waals surface area (Å²) >= 11 is 0. The van der Waals surface area contributed by atoms with Gasteiger partial charge in [-0.1, -0.05) is 19.1 Å². The third-order valence-corrected chi connectivity index (χ3v) is 3.88. The number of carboxylic acid groups (broad SMARTS) is 1. The Bertz CT molecular complexity index is 567. The van der Waals surface area contributed by atoms with Crippen LogP contribution in [0.1, 0.15) is 36.2 Å². The standard InChI is InChI=1S/C17H24N2O5/c1-12(9-17(2)23-7-8-24-17)10-18-16(22)19-11-13-3-5-14(6-4-13)15(20)21/h3-6,12H,7-11H2,1-2H3,(H,20,21)(H2,18,19,22). The smallest absolute Gasteiger partial charge is 0.335 e. The van der Waals surface area contributed by atoms with E-state index in [1.54, 1.807) is 12.1 Å². The van der Waals surface area contributed by atoms with Gasteiger partial charge in [-0.2, -0.15) is 0 Å². The van der Waals surface area contributed by atoms with Gasteiger partial charge in [-0.15, -0.1) is 0 Å². The van der Waals surface area contributed by atoms with Gasteiger partial charge in [-0.05, 0) is 30.5 Å². The maximum Gasteiger partial charge on any atom is 0.335 e. The molecule has 1 atom stereocenters. The minimum Gasteiger partial charge on any atom is -0.478 e. The molecule has 0 aliphatic carbocycles. The molecule has 24 heavy (non-hydrogen) atoms. The quantitative estimate of drug-likeness (QED) is 0.707. The summed E-state index contributed by atoms with van der Waals surface area (Å²) in [6.45, 7) is 6.02. The van der Waals surface area contributed by atoms with Gasteiger partial charge in [0.2, 0.25) is 0 Å². The van der Waals surface area contributed by atoms with Crippen molar-refractivity contribution in [3.8, 4) is 0 Å². The predicted molar refractivity (Wildman–Crippen MR) is 87.7 cm³/mol. The third-order valence-electron chi connectivity index (χ3n) is 3.88. The highest BCUT2D eigenvalue weighted by molar-refractivity contribution is 5.87. The molecule has 0 saturated carbocycles. The van der Waals surface area contributed by atoms with E-state index < -0.39 is 11.8 Å². The number of amides is 2. The van der Waals surface area contributed by atoms with Crippen LogP contribution in [0.15, 0.2) is 24.3 Å². The number of hydrogen-bond donors (Lipinski definition) is 3. The summed E-state index contributed by atoms with van der Waals surface area (Å²) in [5.41, 5.74) is 1.06. The molecule has 132 valence electrons. The van der Waals surface area contributed by atoms with Crippen LogP contribution in [0.4, 0.5) is 4.79 Å². The minimum absolute atomic E-state index is 0.216. The Hall–Kier alpha value is -2.12. The first kappa shape index (κ1) is 18.2. The molecule has 1 heterocycles. The fourth-order valence-electron chi connectivity index (χ4n) is 2.66. The van der Waals surface area contributed by atoms with E-state index in [0.717, 1.165) is 5.56 Å². The Morgan fingerprint density at radius 2 is 1.83 bits per heavy atom. The Kier molecular flexibility index (Phi) is 6.16. The second-order valence-electron chi connectivity index (χ2n) is 6.21. The van der Waals surface area contributed by atoms with Crippen molar-refractivity contribution in [2.24, 2.45) is 5.92 Å². The average Bonchev–Trinajstić information content (AvgIpc) is 2.97. The molecule has 0 spiro atoms. The lowest BCUT2D eigenvalue weighted by Crippen LogP contribution is -2.39. The molecule has 1 aliphatic rings. The molecule has 3 N–H and O–H groups in total. The minimum atomic E-state index is -0.967. The molecular weight excluding hydrogens is 312 g/mol. The van der Waals surface area contributed by atoms with Gasteiger partial charge >= 0.3 is 12.0 Å². The number of carbonyl (C=O) groups excluding carboxylic acids is 1. The first-order valence-corrected chi connectivity index (χ1v) is 8.00. The molecular formula is C17H24N2O5. The van der Waals surface area contributed by atoms with Crippen LogP contribution in [-0.4, -0.2) is 42.7 Å². The Balaban J connectivity index is 1.68. The zero-order valence-electron chi connectivity index (χ0n) is 14.0. The van der Waals surface area contributed by atoms with Gasteiger partial charge in [-0.25, -0.2) is 9.59 Å². The molecule has 0 aromatic heterocycles. The number of carboxylic acids is 1. The number of benzene rings is 1. The number of nitrogens with one attached hydrogen (secondary N) is 2. The highest BCUT2D eigenvalue weighted by atomic mass is 16.7. The normalized spacial score (nSPS) is 17.2. The van der Waals surface area contributed by atoms with Crippen molar-refractivity contribution in [1.29, 1.82) is 0 Å². The average molecular weight is 336 g/mol. The van der Waals surface area contributed by atoms with Gasteiger partial charge in [0.15, 0.2) is 5.79 Å². The highest BCUT2D eigenvalue weighted by Gasteiger charge is 2.32. The summed E-state index contributed by atoms with van der Waals surface area (Å²) in [6, 6.07) is 6.13. The van der Waals surface area contributed by atoms with Crippen LogP contribution in [0.25, 0.3) is 0 Å². The monoisotopic (exact) mass is 336 g/mol. The zero-order chi connectivity index (χ0) is 17.6. The summed E-state index contributed by atoms with van der Waals surface area (Å²) in [7, 11) is 0.